The lowest BCUT2D eigenvalue weighted by atomic mass is 10.1. The summed E-state index contributed by atoms with van der Waals surface area (Å²) in [5.74, 6) is 0.123. The molecule has 0 unspecified atom stereocenters. The summed E-state index contributed by atoms with van der Waals surface area (Å²) in [7, 11) is 2.92. The number of para-hydroxylation sites is 2. The van der Waals surface area contributed by atoms with Gasteiger partial charge in [0, 0.05) is 25.3 Å². The minimum atomic E-state index is -0.507. The molecule has 166 valence electrons. The second-order valence-corrected chi connectivity index (χ2v) is 7.76. The quantitative estimate of drug-likeness (QED) is 0.454. The molecule has 10 nitrogen and oxygen atoms in total. The summed E-state index contributed by atoms with van der Waals surface area (Å²) in [5, 5.41) is 2.88. The summed E-state index contributed by atoms with van der Waals surface area (Å²) in [6.45, 7) is 1.73. The van der Waals surface area contributed by atoms with E-state index in [1.54, 1.807) is 6.07 Å². The van der Waals surface area contributed by atoms with Crippen LogP contribution >= 0.6 is 0 Å². The average molecular weight is 444 g/mol. The Kier molecular flexibility index (Phi) is 4.70. The first-order valence-corrected chi connectivity index (χ1v) is 10.2. The van der Waals surface area contributed by atoms with E-state index in [0.29, 0.717) is 17.2 Å². The highest BCUT2D eigenvalue weighted by Gasteiger charge is 2.17. The number of hydrogen-bond donors (Lipinski definition) is 1. The van der Waals surface area contributed by atoms with Crippen LogP contribution in [0.1, 0.15) is 5.56 Å². The standard InChI is InChI=1S/C23H20N6O4/c1-13-14(21-26-16-8-4-5-10-17(16)33-21)7-6-9-15(13)25-18(30)11-29-12-24-20-19(29)22(31)28(3)23(32)27(20)2/h4-10,12H,11H2,1-3H3,(H,25,30). The van der Waals surface area contributed by atoms with Crippen LogP contribution in [0.4, 0.5) is 5.69 Å². The lowest BCUT2D eigenvalue weighted by molar-refractivity contribution is -0.116. The van der Waals surface area contributed by atoms with Gasteiger partial charge in [0.2, 0.25) is 11.8 Å². The van der Waals surface area contributed by atoms with Crippen LogP contribution < -0.4 is 16.6 Å². The molecular weight excluding hydrogens is 424 g/mol. The summed E-state index contributed by atoms with van der Waals surface area (Å²) in [6.07, 6.45) is 1.38. The minimum absolute atomic E-state index is 0.142. The van der Waals surface area contributed by atoms with Crippen LogP contribution in [0.25, 0.3) is 33.7 Å². The van der Waals surface area contributed by atoms with E-state index in [1.165, 1.54) is 29.6 Å². The molecule has 0 radical (unpaired) electrons. The van der Waals surface area contributed by atoms with Gasteiger partial charge in [-0.05, 0) is 36.8 Å². The van der Waals surface area contributed by atoms with Crippen LogP contribution in [0.15, 0.2) is 62.8 Å². The number of imidazole rings is 1. The molecule has 0 saturated carbocycles. The Hall–Kier alpha value is -4.47. The number of oxazole rings is 1. The number of amides is 1. The fourth-order valence-corrected chi connectivity index (χ4v) is 3.85. The van der Waals surface area contributed by atoms with Crippen LogP contribution in [0.3, 0.4) is 0 Å². The Labute approximate surface area is 186 Å². The SMILES string of the molecule is Cc1c(NC(=O)Cn2cnc3c2c(=O)n(C)c(=O)n3C)cccc1-c1nc2ccccc2o1. The van der Waals surface area contributed by atoms with Gasteiger partial charge in [0.25, 0.3) is 5.56 Å². The maximum absolute atomic E-state index is 12.8. The topological polar surface area (TPSA) is 117 Å². The molecule has 1 amide bonds. The monoisotopic (exact) mass is 444 g/mol. The predicted octanol–water partition coefficient (Wildman–Crippen LogP) is 2.19. The van der Waals surface area contributed by atoms with E-state index < -0.39 is 11.2 Å². The molecule has 0 aliphatic carbocycles. The number of carbonyl (C=O) groups excluding carboxylic acids is 1. The van der Waals surface area contributed by atoms with Gasteiger partial charge in [0.05, 0.1) is 6.33 Å². The van der Waals surface area contributed by atoms with Crippen molar-refractivity contribution < 1.29 is 9.21 Å². The highest BCUT2D eigenvalue weighted by Crippen LogP contribution is 2.30. The minimum Gasteiger partial charge on any atom is -0.436 e. The first kappa shape index (κ1) is 20.4. The van der Waals surface area contributed by atoms with Crippen molar-refractivity contribution in [1.29, 1.82) is 0 Å². The fraction of sp³-hybridized carbons (Fsp3) is 0.174. The predicted molar refractivity (Wildman–Crippen MR) is 123 cm³/mol. The summed E-state index contributed by atoms with van der Waals surface area (Å²) in [4.78, 5) is 46.2. The maximum atomic E-state index is 12.8. The molecule has 2 aromatic carbocycles. The van der Waals surface area contributed by atoms with Gasteiger partial charge in [-0.3, -0.25) is 18.7 Å². The number of anilines is 1. The molecule has 1 N–H and O–H groups in total. The van der Waals surface area contributed by atoms with Crippen molar-refractivity contribution in [2.24, 2.45) is 14.1 Å². The van der Waals surface area contributed by atoms with Crippen LogP contribution in [0.2, 0.25) is 0 Å². The summed E-state index contributed by atoms with van der Waals surface area (Å²) in [6, 6.07) is 13.0. The Bertz CT molecular complexity index is 1640. The van der Waals surface area contributed by atoms with E-state index in [4.69, 9.17) is 4.42 Å². The first-order chi connectivity index (χ1) is 15.8. The van der Waals surface area contributed by atoms with E-state index in [0.717, 1.165) is 21.2 Å². The highest BCUT2D eigenvalue weighted by atomic mass is 16.3. The van der Waals surface area contributed by atoms with Crippen LogP contribution in [0.5, 0.6) is 0 Å². The third kappa shape index (κ3) is 3.32. The zero-order valence-electron chi connectivity index (χ0n) is 18.2. The Balaban J connectivity index is 1.45. The molecule has 0 aliphatic heterocycles. The molecule has 10 heteroatoms. The molecular formula is C23H20N6O4. The van der Waals surface area contributed by atoms with Gasteiger partial charge in [-0.2, -0.15) is 0 Å². The van der Waals surface area contributed by atoms with Crippen molar-refractivity contribution in [3.05, 3.63) is 75.2 Å². The number of carbonyl (C=O) groups is 1. The van der Waals surface area contributed by atoms with Gasteiger partial charge in [0.15, 0.2) is 16.7 Å². The zero-order chi connectivity index (χ0) is 23.3. The van der Waals surface area contributed by atoms with Gasteiger partial charge < -0.3 is 14.3 Å². The van der Waals surface area contributed by atoms with Gasteiger partial charge in [-0.25, -0.2) is 14.8 Å². The van der Waals surface area contributed by atoms with Crippen LogP contribution in [-0.4, -0.2) is 29.6 Å². The number of hydrogen-bond acceptors (Lipinski definition) is 6. The zero-order valence-corrected chi connectivity index (χ0v) is 18.2. The Morgan fingerprint density at radius 2 is 1.85 bits per heavy atom. The fourth-order valence-electron chi connectivity index (χ4n) is 3.85. The van der Waals surface area contributed by atoms with E-state index in [1.807, 2.05) is 43.3 Å². The molecule has 3 heterocycles. The largest absolute Gasteiger partial charge is 0.436 e. The van der Waals surface area contributed by atoms with E-state index in [-0.39, 0.29) is 23.6 Å². The molecule has 0 spiro atoms. The molecule has 33 heavy (non-hydrogen) atoms. The van der Waals surface area contributed by atoms with Gasteiger partial charge >= 0.3 is 5.69 Å². The van der Waals surface area contributed by atoms with E-state index in [9.17, 15) is 14.4 Å². The lowest BCUT2D eigenvalue weighted by Gasteiger charge is -2.11. The Morgan fingerprint density at radius 3 is 2.64 bits per heavy atom. The van der Waals surface area contributed by atoms with E-state index >= 15 is 0 Å². The molecule has 5 aromatic rings. The highest BCUT2D eigenvalue weighted by molar-refractivity contribution is 5.93. The van der Waals surface area contributed by atoms with E-state index in [2.05, 4.69) is 15.3 Å². The molecule has 0 fully saturated rings. The van der Waals surface area contributed by atoms with Crippen LogP contribution in [-0.2, 0) is 25.4 Å². The second kappa shape index (κ2) is 7.59. The second-order valence-electron chi connectivity index (χ2n) is 7.76. The molecule has 0 bridgehead atoms. The number of nitrogens with one attached hydrogen (secondary N) is 1. The normalized spacial score (nSPS) is 11.4. The molecule has 0 saturated heterocycles. The van der Waals surface area contributed by atoms with Gasteiger partial charge in [0.1, 0.15) is 12.1 Å². The third-order valence-corrected chi connectivity index (χ3v) is 5.66. The maximum Gasteiger partial charge on any atom is 0.332 e. The average Bonchev–Trinajstić information content (AvgIpc) is 3.42. The number of benzene rings is 2. The van der Waals surface area contributed by atoms with Crippen molar-refractivity contribution in [3.8, 4) is 11.5 Å². The number of nitrogens with zero attached hydrogens (tertiary/aromatic N) is 5. The van der Waals surface area contributed by atoms with Crippen molar-refractivity contribution in [1.82, 2.24) is 23.7 Å². The van der Waals surface area contributed by atoms with Crippen molar-refractivity contribution in [2.75, 3.05) is 5.32 Å². The van der Waals surface area contributed by atoms with Gasteiger partial charge in [-0.15, -0.1) is 0 Å². The first-order valence-electron chi connectivity index (χ1n) is 10.2. The van der Waals surface area contributed by atoms with Crippen molar-refractivity contribution >= 4 is 33.9 Å². The van der Waals surface area contributed by atoms with Gasteiger partial charge in [-0.1, -0.05) is 18.2 Å². The smallest absolute Gasteiger partial charge is 0.332 e. The summed E-state index contributed by atoms with van der Waals surface area (Å²) >= 11 is 0. The van der Waals surface area contributed by atoms with Crippen molar-refractivity contribution in [3.63, 3.8) is 0 Å². The third-order valence-electron chi connectivity index (χ3n) is 5.66. The molecule has 5 rings (SSSR count). The molecule has 3 aromatic heterocycles. The number of rotatable bonds is 4. The number of aromatic nitrogens is 5. The lowest BCUT2D eigenvalue weighted by Crippen LogP contribution is -2.37. The summed E-state index contributed by atoms with van der Waals surface area (Å²) < 4.78 is 9.58. The molecule has 0 atom stereocenters. The summed E-state index contributed by atoms with van der Waals surface area (Å²) in [5.41, 5.74) is 3.03. The number of aryl methyl sites for hydroxylation is 1. The Morgan fingerprint density at radius 1 is 1.06 bits per heavy atom. The molecule has 0 aliphatic rings. The van der Waals surface area contributed by atoms with Crippen LogP contribution in [0, 0.1) is 6.92 Å². The van der Waals surface area contributed by atoms with Crippen molar-refractivity contribution in [2.45, 2.75) is 13.5 Å². The number of fused-ring (bicyclic) bond motifs is 2.